The van der Waals surface area contributed by atoms with E-state index >= 15 is 0 Å². The molecule has 18 heavy (non-hydrogen) atoms. The highest BCUT2D eigenvalue weighted by atomic mass is 35.5. The largest absolute Gasteiger partial charge is 0.497 e. The highest BCUT2D eigenvalue weighted by molar-refractivity contribution is 6.30. The van der Waals surface area contributed by atoms with Gasteiger partial charge >= 0.3 is 0 Å². The predicted octanol–water partition coefficient (Wildman–Crippen LogP) is 3.81. The van der Waals surface area contributed by atoms with Gasteiger partial charge < -0.3 is 15.8 Å². The Hall–Kier alpha value is -1.94. The first-order valence-electron chi connectivity index (χ1n) is 5.25. The lowest BCUT2D eigenvalue weighted by atomic mass is 10.2. The Kier molecular flexibility index (Phi) is 3.58. The van der Waals surface area contributed by atoms with Gasteiger partial charge in [-0.1, -0.05) is 11.6 Å². The van der Waals surface area contributed by atoms with Gasteiger partial charge in [-0.2, -0.15) is 0 Å². The van der Waals surface area contributed by atoms with Gasteiger partial charge in [-0.05, 0) is 24.3 Å². The third kappa shape index (κ3) is 2.84. The number of anilines is 3. The summed E-state index contributed by atoms with van der Waals surface area (Å²) in [6.45, 7) is 0. The molecule has 2 aromatic rings. The molecule has 0 saturated carbocycles. The molecule has 0 aromatic heterocycles. The van der Waals surface area contributed by atoms with Gasteiger partial charge in [-0.25, -0.2) is 4.39 Å². The van der Waals surface area contributed by atoms with Crippen LogP contribution in [0.4, 0.5) is 21.5 Å². The van der Waals surface area contributed by atoms with Crippen molar-refractivity contribution in [3.8, 4) is 5.75 Å². The van der Waals surface area contributed by atoms with Crippen molar-refractivity contribution < 1.29 is 9.13 Å². The third-order valence-corrected chi connectivity index (χ3v) is 2.68. The first-order valence-corrected chi connectivity index (χ1v) is 5.63. The van der Waals surface area contributed by atoms with E-state index in [1.165, 1.54) is 12.1 Å². The van der Waals surface area contributed by atoms with Crippen LogP contribution in [0.2, 0.25) is 5.02 Å². The van der Waals surface area contributed by atoms with Crippen molar-refractivity contribution in [2.75, 3.05) is 18.2 Å². The van der Waals surface area contributed by atoms with Crippen molar-refractivity contribution in [3.05, 3.63) is 47.2 Å². The molecule has 94 valence electrons. The second kappa shape index (κ2) is 5.14. The second-order valence-electron chi connectivity index (χ2n) is 3.75. The van der Waals surface area contributed by atoms with Crippen molar-refractivity contribution in [2.45, 2.75) is 0 Å². The molecule has 0 aliphatic carbocycles. The van der Waals surface area contributed by atoms with Gasteiger partial charge in [-0.3, -0.25) is 0 Å². The minimum Gasteiger partial charge on any atom is -0.497 e. The highest BCUT2D eigenvalue weighted by Crippen LogP contribution is 2.26. The molecule has 0 fully saturated rings. The summed E-state index contributed by atoms with van der Waals surface area (Å²) < 4.78 is 18.4. The Labute approximate surface area is 109 Å². The molecule has 0 unspecified atom stereocenters. The number of rotatable bonds is 3. The van der Waals surface area contributed by atoms with E-state index in [-0.39, 0.29) is 5.02 Å². The number of hydrogen-bond donors (Lipinski definition) is 2. The molecule has 0 aliphatic rings. The van der Waals surface area contributed by atoms with Crippen molar-refractivity contribution in [1.82, 2.24) is 0 Å². The fourth-order valence-electron chi connectivity index (χ4n) is 1.55. The molecule has 0 aliphatic heterocycles. The maximum absolute atomic E-state index is 13.3. The van der Waals surface area contributed by atoms with Crippen LogP contribution >= 0.6 is 11.6 Å². The number of ether oxygens (including phenoxy) is 1. The molecule has 0 heterocycles. The molecule has 0 saturated heterocycles. The van der Waals surface area contributed by atoms with E-state index in [1.807, 2.05) is 0 Å². The van der Waals surface area contributed by atoms with Gasteiger partial charge in [0, 0.05) is 29.2 Å². The van der Waals surface area contributed by atoms with Gasteiger partial charge in [0.25, 0.3) is 0 Å². The molecule has 2 rings (SSSR count). The van der Waals surface area contributed by atoms with Crippen molar-refractivity contribution in [1.29, 1.82) is 0 Å². The SMILES string of the molecule is COc1cc(N)cc(Nc2ccc(Cl)c(F)c2)c1. The summed E-state index contributed by atoms with van der Waals surface area (Å²) in [7, 11) is 1.56. The minimum absolute atomic E-state index is 0.0886. The van der Waals surface area contributed by atoms with E-state index in [0.717, 1.165) is 0 Å². The molecule has 0 bridgehead atoms. The van der Waals surface area contributed by atoms with Crippen molar-refractivity contribution >= 4 is 28.7 Å². The summed E-state index contributed by atoms with van der Waals surface area (Å²) >= 11 is 5.61. The van der Waals surface area contributed by atoms with Crippen LogP contribution in [0.5, 0.6) is 5.75 Å². The lowest BCUT2D eigenvalue weighted by Gasteiger charge is -2.10. The molecule has 0 spiro atoms. The van der Waals surface area contributed by atoms with Crippen LogP contribution in [0.25, 0.3) is 0 Å². The Morgan fingerprint density at radius 3 is 2.61 bits per heavy atom. The van der Waals surface area contributed by atoms with Crippen LogP contribution in [0.15, 0.2) is 36.4 Å². The van der Waals surface area contributed by atoms with Crippen LogP contribution in [-0.4, -0.2) is 7.11 Å². The number of benzene rings is 2. The van der Waals surface area contributed by atoms with Gasteiger partial charge in [-0.15, -0.1) is 0 Å². The van der Waals surface area contributed by atoms with E-state index in [0.29, 0.717) is 22.8 Å². The molecule has 2 aromatic carbocycles. The number of nitrogens with two attached hydrogens (primary N) is 1. The molecule has 0 atom stereocenters. The van der Waals surface area contributed by atoms with Crippen LogP contribution in [-0.2, 0) is 0 Å². The van der Waals surface area contributed by atoms with Crippen LogP contribution in [0.1, 0.15) is 0 Å². The zero-order valence-electron chi connectivity index (χ0n) is 9.71. The number of hydrogen-bond acceptors (Lipinski definition) is 3. The Morgan fingerprint density at radius 1 is 1.17 bits per heavy atom. The zero-order chi connectivity index (χ0) is 13.1. The number of halogens is 2. The van der Waals surface area contributed by atoms with Crippen molar-refractivity contribution in [2.24, 2.45) is 0 Å². The molecule has 3 nitrogen and oxygen atoms in total. The van der Waals surface area contributed by atoms with Crippen LogP contribution in [0, 0.1) is 5.82 Å². The maximum atomic E-state index is 13.3. The summed E-state index contributed by atoms with van der Waals surface area (Å²) in [4.78, 5) is 0. The summed E-state index contributed by atoms with van der Waals surface area (Å²) in [5.41, 5.74) is 7.59. The van der Waals surface area contributed by atoms with Gasteiger partial charge in [0.15, 0.2) is 0 Å². The first-order chi connectivity index (χ1) is 8.58. The standard InChI is InChI=1S/C13H12ClFN2O/c1-18-11-5-8(16)4-10(6-11)17-9-2-3-12(14)13(15)7-9/h2-7,17H,16H2,1H3. The van der Waals surface area contributed by atoms with E-state index in [1.54, 1.807) is 31.4 Å². The smallest absolute Gasteiger partial charge is 0.143 e. The maximum Gasteiger partial charge on any atom is 0.143 e. The molecular weight excluding hydrogens is 255 g/mol. The van der Waals surface area contributed by atoms with E-state index in [9.17, 15) is 4.39 Å². The molecule has 0 radical (unpaired) electrons. The molecule has 5 heteroatoms. The van der Waals surface area contributed by atoms with Crippen LogP contribution in [0.3, 0.4) is 0 Å². The average molecular weight is 267 g/mol. The number of nitrogen functional groups attached to an aromatic ring is 1. The van der Waals surface area contributed by atoms with Crippen LogP contribution < -0.4 is 15.8 Å². The van der Waals surface area contributed by atoms with E-state index in [2.05, 4.69) is 5.32 Å². The van der Waals surface area contributed by atoms with Gasteiger partial charge in [0.1, 0.15) is 11.6 Å². The quantitative estimate of drug-likeness (QED) is 0.831. The summed E-state index contributed by atoms with van der Waals surface area (Å²) in [5, 5.41) is 3.12. The first kappa shape index (κ1) is 12.5. The monoisotopic (exact) mass is 266 g/mol. The molecule has 3 N–H and O–H groups in total. The minimum atomic E-state index is -0.475. The van der Waals surface area contributed by atoms with E-state index < -0.39 is 5.82 Å². The number of nitrogens with one attached hydrogen (secondary N) is 1. The van der Waals surface area contributed by atoms with E-state index in [4.69, 9.17) is 22.1 Å². The third-order valence-electron chi connectivity index (χ3n) is 2.37. The van der Waals surface area contributed by atoms with Gasteiger partial charge in [0.05, 0.1) is 12.1 Å². The fraction of sp³-hybridized carbons (Fsp3) is 0.0769. The lowest BCUT2D eigenvalue weighted by Crippen LogP contribution is -1.95. The van der Waals surface area contributed by atoms with Crippen molar-refractivity contribution in [3.63, 3.8) is 0 Å². The summed E-state index contributed by atoms with van der Waals surface area (Å²) in [6, 6.07) is 9.69. The summed E-state index contributed by atoms with van der Waals surface area (Å²) in [6.07, 6.45) is 0. The Bertz CT molecular complexity index is 575. The topological polar surface area (TPSA) is 47.3 Å². The highest BCUT2D eigenvalue weighted by Gasteiger charge is 2.03. The van der Waals surface area contributed by atoms with Gasteiger partial charge in [0.2, 0.25) is 0 Å². The normalized spacial score (nSPS) is 10.2. The predicted molar refractivity (Wildman–Crippen MR) is 72.1 cm³/mol. The molecular formula is C13H12ClFN2O. The average Bonchev–Trinajstić information content (AvgIpc) is 2.33. The Balaban J connectivity index is 2.27. The summed E-state index contributed by atoms with van der Waals surface area (Å²) in [5.74, 6) is 0.157. The zero-order valence-corrected chi connectivity index (χ0v) is 10.5. The fourth-order valence-corrected chi connectivity index (χ4v) is 1.67. The molecule has 0 amide bonds. The second-order valence-corrected chi connectivity index (χ2v) is 4.16. The lowest BCUT2D eigenvalue weighted by molar-refractivity contribution is 0.415. The number of methoxy groups -OCH3 is 1. The Morgan fingerprint density at radius 2 is 1.94 bits per heavy atom.